The number of hydrogen-bond acceptors (Lipinski definition) is 4. The fourth-order valence-electron chi connectivity index (χ4n) is 1.79. The lowest BCUT2D eigenvalue weighted by atomic mass is 10.1. The second-order valence-corrected chi connectivity index (χ2v) is 6.03. The normalized spacial score (nSPS) is 10.9. The lowest BCUT2D eigenvalue weighted by Gasteiger charge is -2.14. The van der Waals surface area contributed by atoms with E-state index in [1.807, 2.05) is 0 Å². The van der Waals surface area contributed by atoms with Crippen molar-refractivity contribution in [2.24, 2.45) is 0 Å². The highest BCUT2D eigenvalue weighted by molar-refractivity contribution is 7.48. The van der Waals surface area contributed by atoms with Gasteiger partial charge in [0.2, 0.25) is 0 Å². The van der Waals surface area contributed by atoms with Crippen molar-refractivity contribution < 1.29 is 18.1 Å². The quantitative estimate of drug-likeness (QED) is 0.707. The average Bonchev–Trinajstić information content (AvgIpc) is 2.28. The Morgan fingerprint density at radius 3 is 1.20 bits per heavy atom. The topological polar surface area (TPSA) is 44.8 Å². The second-order valence-electron chi connectivity index (χ2n) is 4.37. The van der Waals surface area contributed by atoms with E-state index >= 15 is 0 Å². The van der Waals surface area contributed by atoms with Crippen molar-refractivity contribution in [2.45, 2.75) is 41.5 Å². The molecule has 0 radical (unpaired) electrons. The van der Waals surface area contributed by atoms with Crippen LogP contribution in [0.5, 0.6) is 0 Å². The van der Waals surface area contributed by atoms with E-state index in [0.717, 1.165) is 0 Å². The second kappa shape index (κ2) is 10.1. The van der Waals surface area contributed by atoms with Crippen molar-refractivity contribution in [1.82, 2.24) is 0 Å². The summed E-state index contributed by atoms with van der Waals surface area (Å²) in [5.74, 6) is 0. The van der Waals surface area contributed by atoms with E-state index in [-0.39, 0.29) is 0 Å². The summed E-state index contributed by atoms with van der Waals surface area (Å²) in [6, 6.07) is 6.56. The molecule has 20 heavy (non-hydrogen) atoms. The number of hydrogen-bond donors (Lipinski definition) is 0. The Hall–Kier alpha value is -0.670. The molecule has 0 unspecified atom stereocenters. The molecule has 0 aliphatic heterocycles. The standard InChI is InChI=1S/C9H12.C6H15O4P/c1-7-4-8(2)6-9(3)5-7;1-4-8-11(7,9-5-2)10-6-3/h4-6H,1-3H3;4-6H2,1-3H3. The van der Waals surface area contributed by atoms with Crippen LogP contribution in [0.4, 0.5) is 0 Å². The first-order valence-corrected chi connectivity index (χ1v) is 8.41. The molecule has 0 fully saturated rings. The van der Waals surface area contributed by atoms with Crippen LogP contribution in [0, 0.1) is 20.8 Å². The zero-order valence-electron chi connectivity index (χ0n) is 13.4. The summed E-state index contributed by atoms with van der Waals surface area (Å²) in [5.41, 5.74) is 4.06. The minimum Gasteiger partial charge on any atom is -0.287 e. The van der Waals surface area contributed by atoms with E-state index < -0.39 is 7.82 Å². The van der Waals surface area contributed by atoms with Gasteiger partial charge in [0.15, 0.2) is 0 Å². The van der Waals surface area contributed by atoms with Crippen LogP contribution >= 0.6 is 7.82 Å². The molecule has 0 amide bonds. The van der Waals surface area contributed by atoms with E-state index in [0.29, 0.717) is 19.8 Å². The van der Waals surface area contributed by atoms with Gasteiger partial charge in [-0.05, 0) is 41.5 Å². The molecular formula is C15H27O4P. The number of benzene rings is 1. The monoisotopic (exact) mass is 302 g/mol. The molecule has 0 aromatic heterocycles. The van der Waals surface area contributed by atoms with Gasteiger partial charge in [0.25, 0.3) is 0 Å². The maximum atomic E-state index is 11.3. The van der Waals surface area contributed by atoms with Crippen LogP contribution in [0.15, 0.2) is 18.2 Å². The molecule has 0 N–H and O–H groups in total. The third-order valence-corrected chi connectivity index (χ3v) is 3.95. The third kappa shape index (κ3) is 8.49. The van der Waals surface area contributed by atoms with Crippen LogP contribution in [-0.2, 0) is 18.1 Å². The van der Waals surface area contributed by atoms with E-state index in [2.05, 4.69) is 39.0 Å². The highest BCUT2D eigenvalue weighted by Gasteiger charge is 2.23. The van der Waals surface area contributed by atoms with Crippen molar-refractivity contribution >= 4 is 7.82 Å². The van der Waals surface area contributed by atoms with Gasteiger partial charge in [-0.2, -0.15) is 0 Å². The predicted octanol–water partition coefficient (Wildman–Crippen LogP) is 4.82. The molecule has 0 atom stereocenters. The predicted molar refractivity (Wildman–Crippen MR) is 83.1 cm³/mol. The van der Waals surface area contributed by atoms with Gasteiger partial charge < -0.3 is 0 Å². The highest BCUT2D eigenvalue weighted by atomic mass is 31.2. The van der Waals surface area contributed by atoms with Gasteiger partial charge in [0.05, 0.1) is 19.8 Å². The minimum atomic E-state index is -3.22. The Bertz CT molecular complexity index is 358. The van der Waals surface area contributed by atoms with Crippen LogP contribution in [0.3, 0.4) is 0 Å². The van der Waals surface area contributed by atoms with Crippen LogP contribution in [-0.4, -0.2) is 19.8 Å². The SMILES string of the molecule is CCOP(=O)(OCC)OCC.Cc1cc(C)cc(C)c1. The van der Waals surface area contributed by atoms with Crippen molar-refractivity contribution in [3.63, 3.8) is 0 Å². The number of phosphoric ester groups is 1. The summed E-state index contributed by atoms with van der Waals surface area (Å²) >= 11 is 0. The molecular weight excluding hydrogens is 275 g/mol. The molecule has 0 saturated carbocycles. The van der Waals surface area contributed by atoms with Crippen LogP contribution in [0.25, 0.3) is 0 Å². The summed E-state index contributed by atoms with van der Waals surface area (Å²) < 4.78 is 25.8. The molecule has 0 bridgehead atoms. The lowest BCUT2D eigenvalue weighted by Crippen LogP contribution is -1.99. The van der Waals surface area contributed by atoms with Crippen molar-refractivity contribution in [2.75, 3.05) is 19.8 Å². The van der Waals surface area contributed by atoms with Crippen LogP contribution in [0.2, 0.25) is 0 Å². The molecule has 1 rings (SSSR count). The van der Waals surface area contributed by atoms with Gasteiger partial charge in [0.1, 0.15) is 0 Å². The van der Waals surface area contributed by atoms with Crippen LogP contribution < -0.4 is 0 Å². The Labute approximate surface area is 123 Å². The van der Waals surface area contributed by atoms with E-state index in [9.17, 15) is 4.57 Å². The van der Waals surface area contributed by atoms with Gasteiger partial charge in [-0.3, -0.25) is 13.6 Å². The maximum absolute atomic E-state index is 11.3. The molecule has 0 aliphatic rings. The van der Waals surface area contributed by atoms with Gasteiger partial charge in [-0.1, -0.05) is 34.9 Å². The first-order valence-electron chi connectivity index (χ1n) is 6.95. The average molecular weight is 302 g/mol. The van der Waals surface area contributed by atoms with Gasteiger partial charge in [0, 0.05) is 0 Å². The maximum Gasteiger partial charge on any atom is 0.474 e. The molecule has 1 aromatic carbocycles. The van der Waals surface area contributed by atoms with Gasteiger partial charge in [-0.15, -0.1) is 0 Å². The van der Waals surface area contributed by atoms with Crippen LogP contribution in [0.1, 0.15) is 37.5 Å². The largest absolute Gasteiger partial charge is 0.474 e. The highest BCUT2D eigenvalue weighted by Crippen LogP contribution is 2.48. The minimum absolute atomic E-state index is 0.331. The molecule has 0 spiro atoms. The fraction of sp³-hybridized carbons (Fsp3) is 0.600. The van der Waals surface area contributed by atoms with E-state index in [1.54, 1.807) is 20.8 Å². The fourth-order valence-corrected chi connectivity index (χ4v) is 2.96. The van der Waals surface area contributed by atoms with Crippen molar-refractivity contribution in [3.8, 4) is 0 Å². The summed E-state index contributed by atoms with van der Waals surface area (Å²) in [6.07, 6.45) is 0. The molecule has 0 heterocycles. The Morgan fingerprint density at radius 2 is 1.00 bits per heavy atom. The van der Waals surface area contributed by atoms with E-state index in [4.69, 9.17) is 13.6 Å². The van der Waals surface area contributed by atoms with Gasteiger partial charge >= 0.3 is 7.82 Å². The zero-order valence-corrected chi connectivity index (χ0v) is 14.3. The first-order chi connectivity index (χ1) is 9.36. The molecule has 0 saturated heterocycles. The number of phosphoric acid groups is 1. The van der Waals surface area contributed by atoms with Gasteiger partial charge in [-0.25, -0.2) is 4.57 Å². The van der Waals surface area contributed by atoms with Crippen molar-refractivity contribution in [1.29, 1.82) is 0 Å². The summed E-state index contributed by atoms with van der Waals surface area (Å²) in [4.78, 5) is 0. The summed E-state index contributed by atoms with van der Waals surface area (Å²) in [6.45, 7) is 12.6. The molecule has 0 aliphatic carbocycles. The summed E-state index contributed by atoms with van der Waals surface area (Å²) in [5, 5.41) is 0. The molecule has 116 valence electrons. The smallest absolute Gasteiger partial charge is 0.287 e. The van der Waals surface area contributed by atoms with Crippen molar-refractivity contribution in [3.05, 3.63) is 34.9 Å². The first kappa shape index (κ1) is 19.3. The lowest BCUT2D eigenvalue weighted by molar-refractivity contribution is 0.126. The Morgan fingerprint density at radius 1 is 0.750 bits per heavy atom. The Balaban J connectivity index is 0.000000367. The van der Waals surface area contributed by atoms with E-state index in [1.165, 1.54) is 16.7 Å². The molecule has 4 nitrogen and oxygen atoms in total. The zero-order chi connectivity index (χ0) is 15.6. The third-order valence-electron chi connectivity index (χ3n) is 2.23. The molecule has 1 aromatic rings. The Kier molecular flexibility index (Phi) is 9.78. The number of rotatable bonds is 6. The number of aryl methyl sites for hydroxylation is 3. The molecule has 5 heteroatoms. The summed E-state index contributed by atoms with van der Waals surface area (Å²) in [7, 11) is -3.22.